The number of rotatable bonds is 5. The SMILES string of the molecule is NCCCN1CCN(S(=O)(=O)c2cc(F)ccc2F)CC1. The largest absolute Gasteiger partial charge is 0.330 e. The Balaban J connectivity index is 2.10. The topological polar surface area (TPSA) is 66.6 Å². The second-order valence-electron chi connectivity index (χ2n) is 4.96. The van der Waals surface area contributed by atoms with Gasteiger partial charge >= 0.3 is 0 Å². The van der Waals surface area contributed by atoms with Gasteiger partial charge in [-0.15, -0.1) is 0 Å². The van der Waals surface area contributed by atoms with E-state index in [9.17, 15) is 17.2 Å². The standard InChI is InChI=1S/C13H19F2N3O2S/c14-11-2-3-12(15)13(10-11)21(19,20)18-8-6-17(7-9-18)5-1-4-16/h2-3,10H,1,4-9,16H2. The number of nitrogens with zero attached hydrogens (tertiary/aromatic N) is 2. The minimum atomic E-state index is -3.99. The summed E-state index contributed by atoms with van der Waals surface area (Å²) < 4.78 is 52.8. The molecule has 0 bridgehead atoms. The maximum atomic E-state index is 13.7. The van der Waals surface area contributed by atoms with Gasteiger partial charge in [0.1, 0.15) is 16.5 Å². The van der Waals surface area contributed by atoms with Gasteiger partial charge in [0.25, 0.3) is 0 Å². The van der Waals surface area contributed by atoms with E-state index in [0.29, 0.717) is 19.6 Å². The van der Waals surface area contributed by atoms with Crippen LogP contribution < -0.4 is 5.73 Å². The Bertz CT molecular complexity index is 587. The molecule has 0 atom stereocenters. The lowest BCUT2D eigenvalue weighted by Gasteiger charge is -2.33. The monoisotopic (exact) mass is 319 g/mol. The van der Waals surface area contributed by atoms with Crippen LogP contribution in [-0.2, 0) is 10.0 Å². The highest BCUT2D eigenvalue weighted by Crippen LogP contribution is 2.21. The number of nitrogens with two attached hydrogens (primary N) is 1. The van der Waals surface area contributed by atoms with Gasteiger partial charge in [0.05, 0.1) is 0 Å². The predicted molar refractivity (Wildman–Crippen MR) is 75.2 cm³/mol. The molecule has 1 aliphatic rings. The molecular formula is C13H19F2N3O2S. The summed E-state index contributed by atoms with van der Waals surface area (Å²) in [5, 5.41) is 0. The van der Waals surface area contributed by atoms with Crippen LogP contribution in [0.2, 0.25) is 0 Å². The fourth-order valence-corrected chi connectivity index (χ4v) is 3.82. The first-order valence-electron chi connectivity index (χ1n) is 6.83. The minimum Gasteiger partial charge on any atom is -0.330 e. The molecule has 1 fully saturated rings. The molecule has 1 aromatic rings. The zero-order chi connectivity index (χ0) is 15.5. The molecule has 1 aliphatic heterocycles. The lowest BCUT2D eigenvalue weighted by molar-refractivity contribution is 0.187. The molecule has 0 unspecified atom stereocenters. The van der Waals surface area contributed by atoms with Crippen molar-refractivity contribution < 1.29 is 17.2 Å². The molecule has 1 heterocycles. The predicted octanol–water partition coefficient (Wildman–Crippen LogP) is 0.620. The summed E-state index contributed by atoms with van der Waals surface area (Å²) >= 11 is 0. The van der Waals surface area contributed by atoms with Crippen molar-refractivity contribution in [1.29, 1.82) is 0 Å². The first kappa shape index (κ1) is 16.3. The average molecular weight is 319 g/mol. The molecule has 2 N–H and O–H groups in total. The van der Waals surface area contributed by atoms with Crippen molar-refractivity contribution in [2.75, 3.05) is 39.3 Å². The lowest BCUT2D eigenvalue weighted by Crippen LogP contribution is -2.49. The summed E-state index contributed by atoms with van der Waals surface area (Å²) in [6.45, 7) is 3.07. The molecule has 0 aliphatic carbocycles. The van der Waals surface area contributed by atoms with Crippen molar-refractivity contribution in [2.45, 2.75) is 11.3 Å². The van der Waals surface area contributed by atoms with Crippen LogP contribution in [0.15, 0.2) is 23.1 Å². The van der Waals surface area contributed by atoms with Gasteiger partial charge in [-0.3, -0.25) is 0 Å². The number of hydrogen-bond acceptors (Lipinski definition) is 4. The highest BCUT2D eigenvalue weighted by Gasteiger charge is 2.30. The zero-order valence-corrected chi connectivity index (χ0v) is 12.5. The zero-order valence-electron chi connectivity index (χ0n) is 11.6. The van der Waals surface area contributed by atoms with Crippen LogP contribution in [0, 0.1) is 11.6 Å². The maximum absolute atomic E-state index is 13.7. The molecular weight excluding hydrogens is 300 g/mol. The third-order valence-corrected chi connectivity index (χ3v) is 5.43. The second-order valence-corrected chi connectivity index (χ2v) is 6.87. The van der Waals surface area contributed by atoms with Crippen molar-refractivity contribution in [1.82, 2.24) is 9.21 Å². The summed E-state index contributed by atoms with van der Waals surface area (Å²) in [7, 11) is -3.99. The summed E-state index contributed by atoms with van der Waals surface area (Å²) in [6, 6.07) is 2.46. The van der Waals surface area contributed by atoms with E-state index in [2.05, 4.69) is 4.90 Å². The second kappa shape index (κ2) is 6.78. The smallest absolute Gasteiger partial charge is 0.246 e. The number of benzene rings is 1. The van der Waals surface area contributed by atoms with Gasteiger partial charge in [-0.05, 0) is 37.7 Å². The van der Waals surface area contributed by atoms with Crippen LogP contribution in [0.5, 0.6) is 0 Å². The fraction of sp³-hybridized carbons (Fsp3) is 0.538. The molecule has 118 valence electrons. The summed E-state index contributed by atoms with van der Waals surface area (Å²) in [4.78, 5) is 1.51. The average Bonchev–Trinajstić information content (AvgIpc) is 2.48. The normalized spacial score (nSPS) is 18.0. The molecule has 0 aromatic heterocycles. The first-order chi connectivity index (χ1) is 9.95. The summed E-state index contributed by atoms with van der Waals surface area (Å²) in [5.74, 6) is -1.70. The van der Waals surface area contributed by atoms with Crippen molar-refractivity contribution in [3.05, 3.63) is 29.8 Å². The van der Waals surface area contributed by atoms with Crippen LogP contribution in [0.3, 0.4) is 0 Å². The molecule has 2 rings (SSSR count). The quantitative estimate of drug-likeness (QED) is 0.864. The van der Waals surface area contributed by atoms with Crippen molar-refractivity contribution in [2.24, 2.45) is 5.73 Å². The molecule has 1 saturated heterocycles. The molecule has 5 nitrogen and oxygen atoms in total. The van der Waals surface area contributed by atoms with E-state index in [1.165, 1.54) is 4.31 Å². The van der Waals surface area contributed by atoms with Crippen LogP contribution in [0.25, 0.3) is 0 Å². The van der Waals surface area contributed by atoms with E-state index >= 15 is 0 Å². The van der Waals surface area contributed by atoms with E-state index in [1.807, 2.05) is 0 Å². The van der Waals surface area contributed by atoms with E-state index in [-0.39, 0.29) is 13.1 Å². The van der Waals surface area contributed by atoms with E-state index < -0.39 is 26.6 Å². The Kier molecular flexibility index (Phi) is 5.26. The first-order valence-corrected chi connectivity index (χ1v) is 8.27. The Hall–Kier alpha value is -1.09. The minimum absolute atomic E-state index is 0.267. The molecule has 21 heavy (non-hydrogen) atoms. The highest BCUT2D eigenvalue weighted by molar-refractivity contribution is 7.89. The number of sulfonamides is 1. The van der Waals surface area contributed by atoms with Gasteiger partial charge < -0.3 is 10.6 Å². The van der Waals surface area contributed by atoms with Gasteiger partial charge in [0.15, 0.2) is 0 Å². The van der Waals surface area contributed by atoms with E-state index in [1.54, 1.807) is 0 Å². The maximum Gasteiger partial charge on any atom is 0.246 e. The Labute approximate surface area is 123 Å². The van der Waals surface area contributed by atoms with Crippen molar-refractivity contribution in [3.8, 4) is 0 Å². The third kappa shape index (κ3) is 3.76. The Morgan fingerprint density at radius 2 is 1.81 bits per heavy atom. The Morgan fingerprint density at radius 1 is 1.14 bits per heavy atom. The summed E-state index contributed by atoms with van der Waals surface area (Å²) in [6.07, 6.45) is 0.852. The molecule has 0 amide bonds. The van der Waals surface area contributed by atoms with Crippen molar-refractivity contribution >= 4 is 10.0 Å². The molecule has 0 radical (unpaired) electrons. The van der Waals surface area contributed by atoms with Gasteiger partial charge in [-0.2, -0.15) is 4.31 Å². The van der Waals surface area contributed by atoms with E-state index in [0.717, 1.165) is 31.2 Å². The molecule has 1 aromatic carbocycles. The van der Waals surface area contributed by atoms with Gasteiger partial charge in [0.2, 0.25) is 10.0 Å². The van der Waals surface area contributed by atoms with Crippen LogP contribution in [0.4, 0.5) is 8.78 Å². The van der Waals surface area contributed by atoms with Crippen molar-refractivity contribution in [3.63, 3.8) is 0 Å². The van der Waals surface area contributed by atoms with E-state index in [4.69, 9.17) is 5.73 Å². The molecule has 0 spiro atoms. The van der Waals surface area contributed by atoms with Gasteiger partial charge in [-0.25, -0.2) is 17.2 Å². The van der Waals surface area contributed by atoms with Gasteiger partial charge in [0, 0.05) is 26.2 Å². The Morgan fingerprint density at radius 3 is 2.43 bits per heavy atom. The van der Waals surface area contributed by atoms with Gasteiger partial charge in [-0.1, -0.05) is 0 Å². The number of hydrogen-bond donors (Lipinski definition) is 1. The van der Waals surface area contributed by atoms with Crippen LogP contribution >= 0.6 is 0 Å². The third-order valence-electron chi connectivity index (χ3n) is 3.52. The molecule has 0 saturated carbocycles. The fourth-order valence-electron chi connectivity index (χ4n) is 2.32. The van der Waals surface area contributed by atoms with Crippen LogP contribution in [0.1, 0.15) is 6.42 Å². The lowest BCUT2D eigenvalue weighted by atomic mass is 10.3. The van der Waals surface area contributed by atoms with Crippen LogP contribution in [-0.4, -0.2) is 56.9 Å². The highest BCUT2D eigenvalue weighted by atomic mass is 32.2. The summed E-state index contributed by atoms with van der Waals surface area (Å²) in [5.41, 5.74) is 5.44. The molecule has 8 heteroatoms. The number of halogens is 2. The number of piperazine rings is 1.